The van der Waals surface area contributed by atoms with Crippen LogP contribution in [0.15, 0.2) is 12.0 Å². The zero-order valence-corrected chi connectivity index (χ0v) is 22.6. The van der Waals surface area contributed by atoms with Crippen LogP contribution in [-0.4, -0.2) is 5.75 Å². The quantitative estimate of drug-likeness (QED) is 0.106. The normalized spacial score (nSPS) is 11.3. The van der Waals surface area contributed by atoms with E-state index < -0.39 is 0 Å². The van der Waals surface area contributed by atoms with Gasteiger partial charge in [0.05, 0.1) is 0 Å². The molecule has 0 aliphatic rings. The van der Waals surface area contributed by atoms with Crippen molar-refractivity contribution >= 4 is 11.8 Å². The molecule has 1 heteroatoms. The number of rotatable bonds is 28. The fourth-order valence-corrected chi connectivity index (χ4v) is 5.12. The third-order valence-corrected chi connectivity index (χ3v) is 7.49. The molecule has 0 N–H and O–H groups in total. The number of unbranched alkanes of at least 4 members (excludes halogenated alkanes) is 25. The summed E-state index contributed by atoms with van der Waals surface area (Å²) in [7, 11) is 0. The third-order valence-electron chi connectivity index (χ3n) is 6.73. The van der Waals surface area contributed by atoms with Crippen LogP contribution in [0.25, 0.3) is 0 Å². The Morgan fingerprint density at radius 1 is 0.387 bits per heavy atom. The third kappa shape index (κ3) is 30.1. The molecule has 0 aromatic heterocycles. The minimum absolute atomic E-state index is 1.27. The lowest BCUT2D eigenvalue weighted by atomic mass is 10.0. The van der Waals surface area contributed by atoms with Gasteiger partial charge in [0.25, 0.3) is 0 Å². The standard InChI is InChI=1S/C30H60S/c1-3-5-6-7-8-9-10-11-12-13-14-15-16-17-18-19-20-21-22-23-24-25-26-27-28-29-30-31-4-2/h4H,2-3,5-30H2,1H3. The molecular formula is C30H60S. The molecule has 0 amide bonds. The topological polar surface area (TPSA) is 0 Å². The lowest BCUT2D eigenvalue weighted by Gasteiger charge is -2.04. The summed E-state index contributed by atoms with van der Waals surface area (Å²) in [5.41, 5.74) is 0. The predicted molar refractivity (Wildman–Crippen MR) is 148 cm³/mol. The lowest BCUT2D eigenvalue weighted by molar-refractivity contribution is 0.516. The fourth-order valence-electron chi connectivity index (χ4n) is 4.58. The monoisotopic (exact) mass is 452 g/mol. The van der Waals surface area contributed by atoms with E-state index in [-0.39, 0.29) is 0 Å². The lowest BCUT2D eigenvalue weighted by Crippen LogP contribution is -1.85. The average Bonchev–Trinajstić information content (AvgIpc) is 2.78. The van der Waals surface area contributed by atoms with Gasteiger partial charge in [0, 0.05) is 0 Å². The Labute approximate surface area is 203 Å². The second-order valence-electron chi connectivity index (χ2n) is 9.88. The van der Waals surface area contributed by atoms with Crippen molar-refractivity contribution in [1.29, 1.82) is 0 Å². The van der Waals surface area contributed by atoms with E-state index in [4.69, 9.17) is 0 Å². The van der Waals surface area contributed by atoms with Gasteiger partial charge in [0.15, 0.2) is 0 Å². The Kier molecular flexibility index (Phi) is 30.2. The van der Waals surface area contributed by atoms with Crippen LogP contribution in [0.2, 0.25) is 0 Å². The first-order chi connectivity index (χ1) is 15.4. The van der Waals surface area contributed by atoms with Gasteiger partial charge in [-0.2, -0.15) is 0 Å². The number of hydrogen-bond acceptors (Lipinski definition) is 1. The molecule has 0 heterocycles. The molecule has 0 aliphatic heterocycles. The largest absolute Gasteiger partial charge is 0.135 e. The van der Waals surface area contributed by atoms with Crippen molar-refractivity contribution in [3.05, 3.63) is 12.0 Å². The zero-order chi connectivity index (χ0) is 22.5. The maximum atomic E-state index is 3.76. The molecule has 0 saturated carbocycles. The van der Waals surface area contributed by atoms with Crippen LogP contribution >= 0.6 is 11.8 Å². The van der Waals surface area contributed by atoms with E-state index >= 15 is 0 Å². The molecular weight excluding hydrogens is 392 g/mol. The molecule has 186 valence electrons. The van der Waals surface area contributed by atoms with Gasteiger partial charge in [-0.1, -0.05) is 174 Å². The van der Waals surface area contributed by atoms with Crippen molar-refractivity contribution in [2.45, 2.75) is 174 Å². The Hall–Kier alpha value is 0.0900. The minimum atomic E-state index is 1.27. The van der Waals surface area contributed by atoms with Crippen LogP contribution in [0.5, 0.6) is 0 Å². The number of thioether (sulfide) groups is 1. The molecule has 0 unspecified atom stereocenters. The fraction of sp³-hybridized carbons (Fsp3) is 0.933. The van der Waals surface area contributed by atoms with E-state index in [2.05, 4.69) is 13.5 Å². The molecule has 0 nitrogen and oxygen atoms in total. The van der Waals surface area contributed by atoms with Crippen LogP contribution in [0.1, 0.15) is 174 Å². The van der Waals surface area contributed by atoms with Gasteiger partial charge in [0.1, 0.15) is 0 Å². The van der Waals surface area contributed by atoms with Crippen LogP contribution in [0, 0.1) is 0 Å². The van der Waals surface area contributed by atoms with Crippen molar-refractivity contribution in [3.8, 4) is 0 Å². The van der Waals surface area contributed by atoms with Crippen LogP contribution < -0.4 is 0 Å². The first-order valence-corrected chi connectivity index (χ1v) is 15.7. The van der Waals surface area contributed by atoms with Crippen LogP contribution in [-0.2, 0) is 0 Å². The summed E-state index contributed by atoms with van der Waals surface area (Å²) in [5, 5.41) is 1.97. The Bertz CT molecular complexity index is 312. The maximum absolute atomic E-state index is 3.76. The maximum Gasteiger partial charge on any atom is -0.00262 e. The van der Waals surface area contributed by atoms with E-state index in [0.717, 1.165) is 0 Å². The van der Waals surface area contributed by atoms with Crippen molar-refractivity contribution in [2.24, 2.45) is 0 Å². The summed E-state index contributed by atoms with van der Waals surface area (Å²) in [6, 6.07) is 0. The van der Waals surface area contributed by atoms with Crippen molar-refractivity contribution in [2.75, 3.05) is 5.75 Å². The summed E-state index contributed by atoms with van der Waals surface area (Å²) < 4.78 is 0. The van der Waals surface area contributed by atoms with E-state index in [9.17, 15) is 0 Å². The second-order valence-corrected chi connectivity index (χ2v) is 11.0. The van der Waals surface area contributed by atoms with Crippen molar-refractivity contribution in [1.82, 2.24) is 0 Å². The van der Waals surface area contributed by atoms with Gasteiger partial charge in [-0.15, -0.1) is 11.8 Å². The van der Waals surface area contributed by atoms with Crippen LogP contribution in [0.3, 0.4) is 0 Å². The predicted octanol–water partition coefficient (Wildman–Crippen LogP) is 12.0. The summed E-state index contributed by atoms with van der Waals surface area (Å²) in [5.74, 6) is 1.27. The van der Waals surface area contributed by atoms with Gasteiger partial charge in [-0.25, -0.2) is 0 Å². The molecule has 0 aliphatic carbocycles. The van der Waals surface area contributed by atoms with Crippen molar-refractivity contribution < 1.29 is 0 Å². The summed E-state index contributed by atoms with van der Waals surface area (Å²) in [4.78, 5) is 0. The second kappa shape index (κ2) is 30.1. The zero-order valence-electron chi connectivity index (χ0n) is 21.8. The molecule has 0 aromatic carbocycles. The van der Waals surface area contributed by atoms with Gasteiger partial charge in [0.2, 0.25) is 0 Å². The van der Waals surface area contributed by atoms with Gasteiger partial charge in [-0.3, -0.25) is 0 Å². The first-order valence-electron chi connectivity index (χ1n) is 14.6. The van der Waals surface area contributed by atoms with Gasteiger partial charge < -0.3 is 0 Å². The Morgan fingerprint density at radius 2 is 0.613 bits per heavy atom. The highest BCUT2D eigenvalue weighted by atomic mass is 32.2. The summed E-state index contributed by atoms with van der Waals surface area (Å²) in [6.07, 6.45) is 38.2. The molecule has 0 bridgehead atoms. The summed E-state index contributed by atoms with van der Waals surface area (Å²) in [6.45, 7) is 6.06. The minimum Gasteiger partial charge on any atom is -0.135 e. The Morgan fingerprint density at radius 3 is 0.839 bits per heavy atom. The molecule has 0 aromatic rings. The smallest absolute Gasteiger partial charge is 0.00262 e. The molecule has 0 rings (SSSR count). The molecule has 0 saturated heterocycles. The molecule has 0 fully saturated rings. The van der Waals surface area contributed by atoms with E-state index in [1.165, 1.54) is 173 Å². The average molecular weight is 453 g/mol. The van der Waals surface area contributed by atoms with Gasteiger partial charge >= 0.3 is 0 Å². The van der Waals surface area contributed by atoms with Gasteiger partial charge in [-0.05, 0) is 17.6 Å². The van der Waals surface area contributed by atoms with Crippen molar-refractivity contribution in [3.63, 3.8) is 0 Å². The molecule has 31 heavy (non-hydrogen) atoms. The van der Waals surface area contributed by atoms with E-state index in [0.29, 0.717) is 0 Å². The van der Waals surface area contributed by atoms with Crippen LogP contribution in [0.4, 0.5) is 0 Å². The highest BCUT2D eigenvalue weighted by Crippen LogP contribution is 2.16. The molecule has 0 atom stereocenters. The van der Waals surface area contributed by atoms with E-state index in [1.807, 2.05) is 17.2 Å². The van der Waals surface area contributed by atoms with E-state index in [1.54, 1.807) is 0 Å². The highest BCUT2D eigenvalue weighted by Gasteiger charge is 1.96. The first kappa shape index (κ1) is 31.1. The Balaban J connectivity index is 2.98. The molecule has 0 radical (unpaired) electrons. The SMILES string of the molecule is C=CSCCCCCCCCCCCCCCCCCCCCCCCCCCCC. The number of hydrogen-bond donors (Lipinski definition) is 0. The summed E-state index contributed by atoms with van der Waals surface area (Å²) >= 11 is 1.87. The highest BCUT2D eigenvalue weighted by molar-refractivity contribution is 8.02. The molecule has 0 spiro atoms.